The van der Waals surface area contributed by atoms with E-state index in [1.54, 1.807) is 11.3 Å². The molecule has 3 aromatic rings. The highest BCUT2D eigenvalue weighted by molar-refractivity contribution is 7.15. The van der Waals surface area contributed by atoms with Crippen LogP contribution in [0.15, 0.2) is 29.3 Å². The number of rotatable bonds is 6. The number of hydrogen-bond acceptors (Lipinski definition) is 7. The number of aliphatic imine (C=N–C) groups is 1. The van der Waals surface area contributed by atoms with Crippen LogP contribution >= 0.6 is 22.9 Å². The van der Waals surface area contributed by atoms with Crippen LogP contribution in [0.2, 0.25) is 5.02 Å². The van der Waals surface area contributed by atoms with Crippen molar-refractivity contribution in [3.63, 3.8) is 0 Å². The van der Waals surface area contributed by atoms with E-state index < -0.39 is 6.04 Å². The Kier molecular flexibility index (Phi) is 7.02. The molecule has 2 aliphatic heterocycles. The molecular formula is C25H30ClN7OS. The van der Waals surface area contributed by atoms with E-state index in [2.05, 4.69) is 44.1 Å². The highest BCUT2D eigenvalue weighted by Gasteiger charge is 2.32. The maximum atomic E-state index is 13.0. The predicted molar refractivity (Wildman–Crippen MR) is 140 cm³/mol. The van der Waals surface area contributed by atoms with Crippen LogP contribution in [-0.4, -0.2) is 70.6 Å². The minimum absolute atomic E-state index is 0.0327. The van der Waals surface area contributed by atoms with Gasteiger partial charge in [0.1, 0.15) is 16.9 Å². The van der Waals surface area contributed by atoms with Gasteiger partial charge in [0.2, 0.25) is 5.91 Å². The minimum atomic E-state index is -0.444. The van der Waals surface area contributed by atoms with Gasteiger partial charge in [-0.05, 0) is 38.5 Å². The molecule has 0 radical (unpaired) electrons. The first kappa shape index (κ1) is 24.1. The molecule has 0 saturated carbocycles. The van der Waals surface area contributed by atoms with Crippen LogP contribution in [0, 0.1) is 20.8 Å². The highest BCUT2D eigenvalue weighted by Crippen LogP contribution is 2.39. The van der Waals surface area contributed by atoms with Gasteiger partial charge < -0.3 is 10.6 Å². The van der Waals surface area contributed by atoms with Crippen LogP contribution in [0.3, 0.4) is 0 Å². The van der Waals surface area contributed by atoms with E-state index in [4.69, 9.17) is 16.6 Å². The number of benzene rings is 1. The Labute approximate surface area is 214 Å². The Morgan fingerprint density at radius 2 is 1.91 bits per heavy atom. The van der Waals surface area contributed by atoms with Crippen molar-refractivity contribution in [2.24, 2.45) is 4.99 Å². The van der Waals surface area contributed by atoms with Gasteiger partial charge in [-0.1, -0.05) is 23.7 Å². The lowest BCUT2D eigenvalue weighted by Gasteiger charge is -2.27. The third-order valence-electron chi connectivity index (χ3n) is 6.70. The number of thiophene rings is 1. The topological polar surface area (TPSA) is 87.4 Å². The summed E-state index contributed by atoms with van der Waals surface area (Å²) < 4.78 is 2.07. The number of fused-ring (bicyclic) bond motifs is 3. The average molecular weight is 512 g/mol. The number of aryl methyl sites for hydroxylation is 2. The molecule has 4 heterocycles. The SMILES string of the molecule is Cc1sc2c(c1C)C(c1ccc(Cl)cc1)=NC(CC(=O)NCCN1CCNCC1)c1nnc(C)n1-2. The Bertz CT molecular complexity index is 1260. The van der Waals surface area contributed by atoms with E-state index in [9.17, 15) is 4.79 Å². The summed E-state index contributed by atoms with van der Waals surface area (Å²) in [6.45, 7) is 11.7. The van der Waals surface area contributed by atoms with E-state index in [-0.39, 0.29) is 12.3 Å². The molecule has 10 heteroatoms. The highest BCUT2D eigenvalue weighted by atomic mass is 35.5. The van der Waals surface area contributed by atoms with Crippen LogP contribution < -0.4 is 10.6 Å². The van der Waals surface area contributed by atoms with Gasteiger partial charge in [-0.3, -0.25) is 19.3 Å². The number of nitrogens with zero attached hydrogens (tertiary/aromatic N) is 5. The van der Waals surface area contributed by atoms with E-state index in [1.165, 1.54) is 10.4 Å². The standard InChI is InChI=1S/C25H30ClN7OS/c1-15-16(2)35-25-22(15)23(18-4-6-19(26)7-5-18)29-20(24-31-30-17(3)33(24)25)14-21(34)28-10-13-32-11-8-27-9-12-32/h4-7,20,27H,8-14H2,1-3H3,(H,28,34). The van der Waals surface area contributed by atoms with E-state index in [0.717, 1.165) is 60.4 Å². The van der Waals surface area contributed by atoms with Gasteiger partial charge in [0, 0.05) is 60.3 Å². The van der Waals surface area contributed by atoms with E-state index >= 15 is 0 Å². The molecule has 1 atom stereocenters. The number of nitrogens with one attached hydrogen (secondary N) is 2. The summed E-state index contributed by atoms with van der Waals surface area (Å²) in [5.41, 5.74) is 4.08. The molecule has 2 aromatic heterocycles. The molecule has 1 fully saturated rings. The molecule has 1 amide bonds. The van der Waals surface area contributed by atoms with Crippen molar-refractivity contribution >= 4 is 34.6 Å². The molecule has 0 aliphatic carbocycles. The molecule has 1 unspecified atom stereocenters. The first-order valence-electron chi connectivity index (χ1n) is 12.0. The van der Waals surface area contributed by atoms with Crippen LogP contribution in [0.4, 0.5) is 0 Å². The molecule has 1 saturated heterocycles. The Morgan fingerprint density at radius 1 is 1.17 bits per heavy atom. The number of amides is 1. The molecule has 184 valence electrons. The summed E-state index contributed by atoms with van der Waals surface area (Å²) in [6.07, 6.45) is 0.212. The fraction of sp³-hybridized carbons (Fsp3) is 0.440. The smallest absolute Gasteiger partial charge is 0.222 e. The fourth-order valence-electron chi connectivity index (χ4n) is 4.67. The monoisotopic (exact) mass is 511 g/mol. The van der Waals surface area contributed by atoms with Gasteiger partial charge in [-0.2, -0.15) is 0 Å². The summed E-state index contributed by atoms with van der Waals surface area (Å²) in [7, 11) is 0. The zero-order valence-electron chi connectivity index (χ0n) is 20.3. The minimum Gasteiger partial charge on any atom is -0.355 e. The average Bonchev–Trinajstić information content (AvgIpc) is 3.32. The number of halogens is 1. The normalized spacial score (nSPS) is 17.9. The van der Waals surface area contributed by atoms with Crippen molar-refractivity contribution in [2.75, 3.05) is 39.3 Å². The first-order valence-corrected chi connectivity index (χ1v) is 13.2. The number of hydrogen-bond donors (Lipinski definition) is 2. The van der Waals surface area contributed by atoms with Gasteiger partial charge in [0.25, 0.3) is 0 Å². The van der Waals surface area contributed by atoms with Gasteiger partial charge in [-0.25, -0.2) is 0 Å². The van der Waals surface area contributed by atoms with Crippen molar-refractivity contribution in [3.05, 3.63) is 62.5 Å². The summed E-state index contributed by atoms with van der Waals surface area (Å²) in [5.74, 6) is 1.46. The van der Waals surface area contributed by atoms with Crippen LogP contribution in [0.25, 0.3) is 5.00 Å². The molecule has 1 aromatic carbocycles. The maximum absolute atomic E-state index is 13.0. The van der Waals surface area contributed by atoms with E-state index in [0.29, 0.717) is 17.4 Å². The zero-order valence-corrected chi connectivity index (χ0v) is 21.8. The largest absolute Gasteiger partial charge is 0.355 e. The Morgan fingerprint density at radius 3 is 2.66 bits per heavy atom. The number of piperazine rings is 1. The summed E-state index contributed by atoms with van der Waals surface area (Å²) in [4.78, 5) is 21.8. The van der Waals surface area contributed by atoms with Gasteiger partial charge in [0.15, 0.2) is 5.82 Å². The summed E-state index contributed by atoms with van der Waals surface area (Å²) in [6, 6.07) is 7.28. The van der Waals surface area contributed by atoms with Crippen molar-refractivity contribution in [3.8, 4) is 5.00 Å². The van der Waals surface area contributed by atoms with Crippen molar-refractivity contribution in [2.45, 2.75) is 33.2 Å². The van der Waals surface area contributed by atoms with Crippen molar-refractivity contribution < 1.29 is 4.79 Å². The Balaban J connectivity index is 1.46. The molecule has 0 spiro atoms. The lowest BCUT2D eigenvalue weighted by Crippen LogP contribution is -2.46. The Hall–Kier alpha value is -2.59. The van der Waals surface area contributed by atoms with Crippen LogP contribution in [-0.2, 0) is 4.79 Å². The first-order chi connectivity index (χ1) is 16.9. The molecule has 8 nitrogen and oxygen atoms in total. The molecule has 35 heavy (non-hydrogen) atoms. The van der Waals surface area contributed by atoms with Gasteiger partial charge >= 0.3 is 0 Å². The number of aromatic nitrogens is 3. The second kappa shape index (κ2) is 10.2. The number of carbonyl (C=O) groups is 1. The van der Waals surface area contributed by atoms with Gasteiger partial charge in [0.05, 0.1) is 12.1 Å². The molecule has 5 rings (SSSR count). The van der Waals surface area contributed by atoms with Crippen LogP contribution in [0.5, 0.6) is 0 Å². The molecular weight excluding hydrogens is 482 g/mol. The molecule has 0 bridgehead atoms. The van der Waals surface area contributed by atoms with Crippen molar-refractivity contribution in [1.82, 2.24) is 30.3 Å². The summed E-state index contributed by atoms with van der Waals surface area (Å²) >= 11 is 7.89. The molecule has 2 N–H and O–H groups in total. The third kappa shape index (κ3) is 4.91. The van der Waals surface area contributed by atoms with Crippen molar-refractivity contribution in [1.29, 1.82) is 0 Å². The maximum Gasteiger partial charge on any atom is 0.222 e. The van der Waals surface area contributed by atoms with Gasteiger partial charge in [-0.15, -0.1) is 21.5 Å². The third-order valence-corrected chi connectivity index (χ3v) is 8.14. The summed E-state index contributed by atoms with van der Waals surface area (Å²) in [5, 5.41) is 17.0. The fourth-order valence-corrected chi connectivity index (χ4v) is 6.01. The molecule has 2 aliphatic rings. The predicted octanol–water partition coefficient (Wildman–Crippen LogP) is 3.21. The lowest BCUT2D eigenvalue weighted by atomic mass is 9.99. The second-order valence-corrected chi connectivity index (χ2v) is 10.7. The lowest BCUT2D eigenvalue weighted by molar-refractivity contribution is -0.121. The quantitative estimate of drug-likeness (QED) is 0.530. The second-order valence-electron chi connectivity index (χ2n) is 9.05. The van der Waals surface area contributed by atoms with Crippen LogP contribution in [0.1, 0.15) is 45.7 Å². The number of carbonyl (C=O) groups excluding carboxylic acids is 1. The van der Waals surface area contributed by atoms with E-state index in [1.807, 2.05) is 31.2 Å². The zero-order chi connectivity index (χ0) is 24.5.